The number of likely N-dealkylation sites (tertiary alicyclic amines) is 1. The van der Waals surface area contributed by atoms with E-state index in [1.165, 1.54) is 0 Å². The summed E-state index contributed by atoms with van der Waals surface area (Å²) in [7, 11) is -3.41. The maximum atomic E-state index is 13.5. The summed E-state index contributed by atoms with van der Waals surface area (Å²) in [6.45, 7) is 5.97. The molecule has 29 heavy (non-hydrogen) atoms. The Morgan fingerprint density at radius 3 is 2.45 bits per heavy atom. The van der Waals surface area contributed by atoms with Gasteiger partial charge < -0.3 is 15.0 Å². The van der Waals surface area contributed by atoms with Crippen molar-refractivity contribution in [2.75, 3.05) is 38.2 Å². The highest BCUT2D eigenvalue weighted by Gasteiger charge is 2.43. The standard InChI is InChI=1S/C20H28ClN3O4S/c1-2-29(26,27)22-15-16-7-11-24(12-8-16)19(25)20(9-13-28-14-10-20)23-18-5-3-17(21)4-6-18/h2-6,16,22-23H,1,7-15H2. The van der Waals surface area contributed by atoms with Crippen LogP contribution >= 0.6 is 11.6 Å². The SMILES string of the molecule is C=CS(=O)(=O)NCC1CCN(C(=O)C2(Nc3ccc(Cl)cc3)CCOCC2)CC1. The van der Waals surface area contributed by atoms with Crippen LogP contribution in [0.3, 0.4) is 0 Å². The Balaban J connectivity index is 1.63. The third-order valence-electron chi connectivity index (χ3n) is 5.68. The van der Waals surface area contributed by atoms with E-state index in [0.29, 0.717) is 50.7 Å². The number of sulfonamides is 1. The maximum absolute atomic E-state index is 13.5. The van der Waals surface area contributed by atoms with Crippen LogP contribution in [0.1, 0.15) is 25.7 Å². The van der Waals surface area contributed by atoms with Crippen LogP contribution in [0.15, 0.2) is 36.3 Å². The van der Waals surface area contributed by atoms with Gasteiger partial charge in [0.15, 0.2) is 0 Å². The second-order valence-corrected chi connectivity index (χ2v) is 9.77. The molecule has 3 rings (SSSR count). The normalized spacial score (nSPS) is 20.2. The predicted octanol–water partition coefficient (Wildman–Crippen LogP) is 2.60. The number of hydrogen-bond donors (Lipinski definition) is 2. The summed E-state index contributed by atoms with van der Waals surface area (Å²) in [5.74, 6) is 0.296. The second kappa shape index (κ2) is 9.47. The molecule has 0 saturated carbocycles. The number of rotatable bonds is 7. The molecule has 160 valence electrons. The van der Waals surface area contributed by atoms with Crippen molar-refractivity contribution in [3.63, 3.8) is 0 Å². The van der Waals surface area contributed by atoms with Crippen molar-refractivity contribution in [1.29, 1.82) is 0 Å². The van der Waals surface area contributed by atoms with E-state index in [1.807, 2.05) is 17.0 Å². The van der Waals surface area contributed by atoms with Gasteiger partial charge in [0, 0.05) is 61.8 Å². The third kappa shape index (κ3) is 5.72. The fraction of sp³-hybridized carbons (Fsp3) is 0.550. The highest BCUT2D eigenvalue weighted by molar-refractivity contribution is 7.92. The van der Waals surface area contributed by atoms with Gasteiger partial charge in [-0.1, -0.05) is 18.2 Å². The molecule has 0 spiro atoms. The molecule has 2 heterocycles. The van der Waals surface area contributed by atoms with E-state index in [4.69, 9.17) is 16.3 Å². The number of piperidine rings is 1. The first-order chi connectivity index (χ1) is 13.8. The van der Waals surface area contributed by atoms with Gasteiger partial charge in [-0.25, -0.2) is 13.1 Å². The van der Waals surface area contributed by atoms with Gasteiger partial charge in [0.25, 0.3) is 0 Å². The van der Waals surface area contributed by atoms with Crippen LogP contribution in [0.25, 0.3) is 0 Å². The van der Waals surface area contributed by atoms with Crippen molar-refractivity contribution in [3.05, 3.63) is 41.3 Å². The number of hydrogen-bond acceptors (Lipinski definition) is 5. The maximum Gasteiger partial charge on any atom is 0.248 e. The molecule has 0 aliphatic carbocycles. The molecule has 0 unspecified atom stereocenters. The fourth-order valence-electron chi connectivity index (χ4n) is 3.86. The van der Waals surface area contributed by atoms with Crippen molar-refractivity contribution >= 4 is 33.2 Å². The largest absolute Gasteiger partial charge is 0.381 e. The third-order valence-corrected chi connectivity index (χ3v) is 6.94. The second-order valence-electron chi connectivity index (χ2n) is 7.62. The van der Waals surface area contributed by atoms with Crippen LogP contribution in [-0.4, -0.2) is 57.6 Å². The summed E-state index contributed by atoms with van der Waals surface area (Å²) < 4.78 is 31.1. The van der Waals surface area contributed by atoms with Gasteiger partial charge in [-0.2, -0.15) is 0 Å². The summed E-state index contributed by atoms with van der Waals surface area (Å²) in [5, 5.41) is 5.02. The number of carbonyl (C=O) groups is 1. The molecule has 0 bridgehead atoms. The van der Waals surface area contributed by atoms with Crippen LogP contribution in [0.2, 0.25) is 5.02 Å². The lowest BCUT2D eigenvalue weighted by Gasteiger charge is -2.43. The number of amides is 1. The number of nitrogens with one attached hydrogen (secondary N) is 2. The quantitative estimate of drug-likeness (QED) is 0.679. The van der Waals surface area contributed by atoms with Crippen LogP contribution in [0, 0.1) is 5.92 Å². The zero-order valence-corrected chi connectivity index (χ0v) is 18.0. The number of halogens is 1. The Kier molecular flexibility index (Phi) is 7.21. The van der Waals surface area contributed by atoms with E-state index in [-0.39, 0.29) is 11.8 Å². The van der Waals surface area contributed by atoms with Crippen LogP contribution in [0.4, 0.5) is 5.69 Å². The lowest BCUT2D eigenvalue weighted by Crippen LogP contribution is -2.58. The van der Waals surface area contributed by atoms with Crippen LogP contribution in [-0.2, 0) is 19.6 Å². The van der Waals surface area contributed by atoms with Gasteiger partial charge in [-0.05, 0) is 43.0 Å². The van der Waals surface area contributed by atoms with Gasteiger partial charge in [-0.3, -0.25) is 4.79 Å². The topological polar surface area (TPSA) is 87.7 Å². The molecule has 2 saturated heterocycles. The minimum atomic E-state index is -3.41. The van der Waals surface area contributed by atoms with Crippen molar-refractivity contribution in [2.24, 2.45) is 5.92 Å². The molecule has 0 aromatic heterocycles. The van der Waals surface area contributed by atoms with Gasteiger partial charge in [0.2, 0.25) is 15.9 Å². The van der Waals surface area contributed by atoms with Crippen molar-refractivity contribution in [2.45, 2.75) is 31.2 Å². The van der Waals surface area contributed by atoms with E-state index in [1.54, 1.807) is 12.1 Å². The first-order valence-corrected chi connectivity index (χ1v) is 11.8. The van der Waals surface area contributed by atoms with E-state index in [0.717, 1.165) is 23.9 Å². The molecule has 0 radical (unpaired) electrons. The summed E-state index contributed by atoms with van der Waals surface area (Å²) >= 11 is 5.98. The Hall–Kier alpha value is -1.61. The molecule has 0 atom stereocenters. The Labute approximate surface area is 177 Å². The number of benzene rings is 1. The van der Waals surface area contributed by atoms with Crippen LogP contribution < -0.4 is 10.0 Å². The zero-order valence-electron chi connectivity index (χ0n) is 16.4. The number of nitrogens with zero attached hydrogens (tertiary/aromatic N) is 1. The molecule has 7 nitrogen and oxygen atoms in total. The summed E-state index contributed by atoms with van der Waals surface area (Å²) in [6, 6.07) is 7.36. The highest BCUT2D eigenvalue weighted by Crippen LogP contribution is 2.30. The van der Waals surface area contributed by atoms with Crippen molar-refractivity contribution in [1.82, 2.24) is 9.62 Å². The fourth-order valence-corrected chi connectivity index (χ4v) is 4.57. The number of anilines is 1. The van der Waals surface area contributed by atoms with E-state index in [2.05, 4.69) is 16.6 Å². The Bertz CT molecular complexity index is 815. The average Bonchev–Trinajstić information content (AvgIpc) is 2.74. The minimum Gasteiger partial charge on any atom is -0.381 e. The first kappa shape index (κ1) is 22.1. The van der Waals surface area contributed by atoms with Gasteiger partial charge in [0.1, 0.15) is 5.54 Å². The molecule has 2 N–H and O–H groups in total. The summed E-state index contributed by atoms with van der Waals surface area (Å²) in [4.78, 5) is 15.4. The van der Waals surface area contributed by atoms with Crippen molar-refractivity contribution < 1.29 is 17.9 Å². The lowest BCUT2D eigenvalue weighted by atomic mass is 9.86. The van der Waals surface area contributed by atoms with Gasteiger partial charge in [-0.15, -0.1) is 0 Å². The molecule has 2 aliphatic heterocycles. The molecule has 2 aliphatic rings. The molecular weight excluding hydrogens is 414 g/mol. The average molecular weight is 442 g/mol. The highest BCUT2D eigenvalue weighted by atomic mass is 35.5. The molecule has 9 heteroatoms. The molecule has 2 fully saturated rings. The summed E-state index contributed by atoms with van der Waals surface area (Å²) in [6.07, 6.45) is 2.74. The molecule has 1 aromatic carbocycles. The van der Waals surface area contributed by atoms with Gasteiger partial charge in [0.05, 0.1) is 0 Å². The number of ether oxygens (including phenoxy) is 1. The lowest BCUT2D eigenvalue weighted by molar-refractivity contribution is -0.140. The van der Waals surface area contributed by atoms with Gasteiger partial charge >= 0.3 is 0 Å². The number of carbonyl (C=O) groups excluding carboxylic acids is 1. The monoisotopic (exact) mass is 441 g/mol. The van der Waals surface area contributed by atoms with Crippen molar-refractivity contribution in [3.8, 4) is 0 Å². The first-order valence-electron chi connectivity index (χ1n) is 9.86. The molecule has 1 amide bonds. The zero-order chi connectivity index (χ0) is 20.9. The smallest absolute Gasteiger partial charge is 0.248 e. The van der Waals surface area contributed by atoms with E-state index < -0.39 is 15.6 Å². The van der Waals surface area contributed by atoms with E-state index >= 15 is 0 Å². The predicted molar refractivity (Wildman–Crippen MR) is 114 cm³/mol. The van der Waals surface area contributed by atoms with Crippen LogP contribution in [0.5, 0.6) is 0 Å². The Morgan fingerprint density at radius 2 is 1.86 bits per heavy atom. The molecular formula is C20H28ClN3O4S. The minimum absolute atomic E-state index is 0.0841. The molecule has 1 aromatic rings. The van der Waals surface area contributed by atoms with E-state index in [9.17, 15) is 13.2 Å². The summed E-state index contributed by atoms with van der Waals surface area (Å²) in [5.41, 5.74) is 0.168. The Morgan fingerprint density at radius 1 is 1.24 bits per heavy atom.